The van der Waals surface area contributed by atoms with Gasteiger partial charge in [-0.3, -0.25) is 4.79 Å². The van der Waals surface area contributed by atoms with Crippen molar-refractivity contribution >= 4 is 27.4 Å². The van der Waals surface area contributed by atoms with Crippen molar-refractivity contribution in [3.8, 4) is 5.75 Å². The molecule has 3 rings (SSSR count). The van der Waals surface area contributed by atoms with Crippen LogP contribution in [0.1, 0.15) is 43.7 Å². The Hall–Kier alpha value is -1.89. The molecule has 0 unspecified atom stereocenters. The van der Waals surface area contributed by atoms with Crippen LogP contribution in [0.3, 0.4) is 0 Å². The highest BCUT2D eigenvalue weighted by Gasteiger charge is 2.65. The van der Waals surface area contributed by atoms with Crippen LogP contribution in [0.4, 0.5) is 0 Å². The van der Waals surface area contributed by atoms with Crippen LogP contribution >= 0.6 is 11.6 Å². The smallest absolute Gasteiger partial charge is 0.238 e. The zero-order valence-electron chi connectivity index (χ0n) is 16.8. The molecule has 0 saturated heterocycles. The predicted molar refractivity (Wildman–Crippen MR) is 114 cm³/mol. The van der Waals surface area contributed by atoms with E-state index in [4.69, 9.17) is 21.5 Å². The van der Waals surface area contributed by atoms with Gasteiger partial charge in [0.25, 0.3) is 0 Å². The highest BCUT2D eigenvalue weighted by atomic mass is 35.5. The lowest BCUT2D eigenvalue weighted by molar-refractivity contribution is -0.120. The number of carbonyl (C=O) groups excluding carboxylic acids is 1. The van der Waals surface area contributed by atoms with E-state index < -0.39 is 10.0 Å². The standard InChI is InChI=1S/C22H26ClNO4S/c1-4-22(5-2)20(14-6-9-17(10-7-14)29(24,26)27)21(22)18(25)13-15-12-16(23)8-11-19(15)28-3/h6-12,20-21H,4-5,13H2,1-3H3,(H2,24,26,27)/t20-,21-/m1/s1. The van der Waals surface area contributed by atoms with E-state index >= 15 is 0 Å². The zero-order valence-corrected chi connectivity index (χ0v) is 18.4. The Labute approximate surface area is 177 Å². The molecule has 156 valence electrons. The lowest BCUT2D eigenvalue weighted by atomic mass is 9.91. The van der Waals surface area contributed by atoms with Crippen LogP contribution < -0.4 is 9.88 Å². The van der Waals surface area contributed by atoms with E-state index in [1.165, 1.54) is 12.1 Å². The molecule has 1 aliphatic rings. The number of methoxy groups -OCH3 is 1. The molecule has 5 nitrogen and oxygen atoms in total. The highest BCUT2D eigenvalue weighted by Crippen LogP contribution is 2.69. The lowest BCUT2D eigenvalue weighted by Crippen LogP contribution is -2.12. The molecule has 0 amide bonds. The average Bonchev–Trinajstić information content (AvgIpc) is 3.37. The first kappa shape index (κ1) is 21.8. The van der Waals surface area contributed by atoms with Gasteiger partial charge >= 0.3 is 0 Å². The number of nitrogens with two attached hydrogens (primary N) is 1. The fraction of sp³-hybridized carbons (Fsp3) is 0.409. The molecule has 1 saturated carbocycles. The number of ketones is 1. The first-order valence-corrected chi connectivity index (χ1v) is 11.6. The molecule has 7 heteroatoms. The molecule has 0 aromatic heterocycles. The number of sulfonamides is 1. The largest absolute Gasteiger partial charge is 0.496 e. The molecule has 0 bridgehead atoms. The van der Waals surface area contributed by atoms with E-state index in [0.29, 0.717) is 10.8 Å². The molecule has 29 heavy (non-hydrogen) atoms. The second kappa shape index (κ2) is 8.09. The van der Waals surface area contributed by atoms with Crippen LogP contribution in [0.2, 0.25) is 5.02 Å². The Morgan fingerprint density at radius 1 is 1.14 bits per heavy atom. The number of hydrogen-bond acceptors (Lipinski definition) is 4. The lowest BCUT2D eigenvalue weighted by Gasteiger charge is -2.13. The maximum atomic E-state index is 13.3. The third-order valence-corrected chi connectivity index (χ3v) is 7.47. The van der Waals surface area contributed by atoms with Crippen molar-refractivity contribution in [1.82, 2.24) is 0 Å². The monoisotopic (exact) mass is 435 g/mol. The summed E-state index contributed by atoms with van der Waals surface area (Å²) in [5.41, 5.74) is 1.63. The SMILES string of the molecule is CCC1(CC)[C@H](C(=O)Cc2cc(Cl)ccc2OC)[C@H]1c1ccc(S(N)(=O)=O)cc1. The van der Waals surface area contributed by atoms with Crippen molar-refractivity contribution in [3.05, 3.63) is 58.6 Å². The third-order valence-electron chi connectivity index (χ3n) is 6.30. The molecule has 2 aromatic rings. The van der Waals surface area contributed by atoms with Crippen LogP contribution in [0.25, 0.3) is 0 Å². The molecule has 1 fully saturated rings. The Balaban J connectivity index is 1.89. The summed E-state index contributed by atoms with van der Waals surface area (Å²) >= 11 is 6.11. The normalized spacial score (nSPS) is 20.3. The van der Waals surface area contributed by atoms with Crippen molar-refractivity contribution in [2.24, 2.45) is 16.5 Å². The number of benzene rings is 2. The van der Waals surface area contributed by atoms with E-state index in [0.717, 1.165) is 24.0 Å². The molecule has 2 aromatic carbocycles. The van der Waals surface area contributed by atoms with Crippen molar-refractivity contribution < 1.29 is 17.9 Å². The Morgan fingerprint density at radius 3 is 2.28 bits per heavy atom. The van der Waals surface area contributed by atoms with Gasteiger partial charge in [0.15, 0.2) is 0 Å². The zero-order chi connectivity index (χ0) is 21.4. The summed E-state index contributed by atoms with van der Waals surface area (Å²) in [5, 5.41) is 5.77. The molecule has 2 atom stereocenters. The van der Waals surface area contributed by atoms with Crippen LogP contribution in [-0.2, 0) is 21.2 Å². The first-order chi connectivity index (χ1) is 13.7. The summed E-state index contributed by atoms with van der Waals surface area (Å²) in [7, 11) is -2.16. The van der Waals surface area contributed by atoms with Crippen LogP contribution in [0.15, 0.2) is 47.4 Å². The minimum atomic E-state index is -3.74. The van der Waals surface area contributed by atoms with Gasteiger partial charge in [0.05, 0.1) is 12.0 Å². The number of hydrogen-bond donors (Lipinski definition) is 1. The van der Waals surface area contributed by atoms with Crippen molar-refractivity contribution in [2.75, 3.05) is 7.11 Å². The Kier molecular flexibility index (Phi) is 6.08. The van der Waals surface area contributed by atoms with Crippen LogP contribution in [0, 0.1) is 11.3 Å². The summed E-state index contributed by atoms with van der Waals surface area (Å²) in [6.45, 7) is 4.20. The van der Waals surface area contributed by atoms with Crippen LogP contribution in [0.5, 0.6) is 5.75 Å². The number of halogens is 1. The minimum absolute atomic E-state index is 0.0599. The molecule has 0 spiro atoms. The molecule has 2 N–H and O–H groups in total. The van der Waals surface area contributed by atoms with Crippen LogP contribution in [-0.4, -0.2) is 21.3 Å². The van der Waals surface area contributed by atoms with Gasteiger partial charge in [0.2, 0.25) is 10.0 Å². The van der Waals surface area contributed by atoms with Gasteiger partial charge in [-0.15, -0.1) is 0 Å². The topological polar surface area (TPSA) is 86.5 Å². The van der Waals surface area contributed by atoms with E-state index in [2.05, 4.69) is 13.8 Å². The van der Waals surface area contributed by atoms with Gasteiger partial charge in [-0.1, -0.05) is 37.6 Å². The second-order valence-corrected chi connectivity index (χ2v) is 9.61. The van der Waals surface area contributed by atoms with E-state index in [1.54, 1.807) is 37.4 Å². The van der Waals surface area contributed by atoms with Gasteiger partial charge in [-0.25, -0.2) is 13.6 Å². The molecular formula is C22H26ClNO4S. The highest BCUT2D eigenvalue weighted by molar-refractivity contribution is 7.89. The van der Waals surface area contributed by atoms with E-state index in [1.807, 2.05) is 0 Å². The molecule has 0 radical (unpaired) electrons. The summed E-state index contributed by atoms with van der Waals surface area (Å²) in [4.78, 5) is 13.4. The van der Waals surface area contributed by atoms with Gasteiger partial charge in [0.1, 0.15) is 11.5 Å². The number of ether oxygens (including phenoxy) is 1. The predicted octanol–water partition coefficient (Wildman–Crippen LogP) is 4.33. The molecule has 0 heterocycles. The molecule has 1 aliphatic carbocycles. The first-order valence-electron chi connectivity index (χ1n) is 9.65. The van der Waals surface area contributed by atoms with E-state index in [9.17, 15) is 13.2 Å². The summed E-state index contributed by atoms with van der Waals surface area (Å²) in [6, 6.07) is 11.9. The maximum absolute atomic E-state index is 13.3. The Bertz CT molecular complexity index is 1010. The van der Waals surface area contributed by atoms with Gasteiger partial charge in [-0.05, 0) is 54.2 Å². The number of carbonyl (C=O) groups is 1. The van der Waals surface area contributed by atoms with Crippen molar-refractivity contribution in [1.29, 1.82) is 0 Å². The number of primary sulfonamides is 1. The van der Waals surface area contributed by atoms with Gasteiger partial charge in [0, 0.05) is 28.8 Å². The average molecular weight is 436 g/mol. The second-order valence-electron chi connectivity index (χ2n) is 7.61. The third kappa shape index (κ3) is 4.06. The van der Waals surface area contributed by atoms with Gasteiger partial charge < -0.3 is 4.74 Å². The quantitative estimate of drug-likeness (QED) is 0.668. The van der Waals surface area contributed by atoms with Crippen molar-refractivity contribution in [3.63, 3.8) is 0 Å². The summed E-state index contributed by atoms with van der Waals surface area (Å²) in [6.07, 6.45) is 1.99. The number of rotatable bonds is 8. The molecule has 0 aliphatic heterocycles. The van der Waals surface area contributed by atoms with Gasteiger partial charge in [-0.2, -0.15) is 0 Å². The fourth-order valence-electron chi connectivity index (χ4n) is 4.70. The molecular weight excluding hydrogens is 410 g/mol. The minimum Gasteiger partial charge on any atom is -0.496 e. The summed E-state index contributed by atoms with van der Waals surface area (Å²) < 4.78 is 28.5. The fourth-order valence-corrected chi connectivity index (χ4v) is 5.41. The Morgan fingerprint density at radius 2 is 1.76 bits per heavy atom. The maximum Gasteiger partial charge on any atom is 0.238 e. The van der Waals surface area contributed by atoms with E-state index in [-0.39, 0.29) is 34.4 Å². The number of Topliss-reactive ketones (excluding diaryl/α,β-unsaturated/α-hetero) is 1. The summed E-state index contributed by atoms with van der Waals surface area (Å²) in [5.74, 6) is 0.733. The van der Waals surface area contributed by atoms with Crippen molar-refractivity contribution in [2.45, 2.75) is 43.9 Å².